The molecule has 4 aromatic rings. The van der Waals surface area contributed by atoms with Gasteiger partial charge in [-0.1, -0.05) is 66.4 Å². The van der Waals surface area contributed by atoms with Crippen LogP contribution in [0.25, 0.3) is 5.69 Å². The zero-order chi connectivity index (χ0) is 23.8. The van der Waals surface area contributed by atoms with Gasteiger partial charge in [-0.25, -0.2) is 0 Å². The molecule has 0 saturated carbocycles. The highest BCUT2D eigenvalue weighted by atomic mass is 32.2. The maximum absolute atomic E-state index is 12.3. The zero-order valence-corrected chi connectivity index (χ0v) is 19.3. The third-order valence-corrected chi connectivity index (χ3v) is 5.78. The van der Waals surface area contributed by atoms with Gasteiger partial charge in [0.2, 0.25) is 5.91 Å². The second kappa shape index (κ2) is 11.2. The topological polar surface area (TPSA) is 98.1 Å². The molecule has 0 aliphatic rings. The molecule has 1 heterocycles. The van der Waals surface area contributed by atoms with Crippen molar-refractivity contribution in [1.29, 1.82) is 0 Å². The van der Waals surface area contributed by atoms with Gasteiger partial charge >= 0.3 is 0 Å². The summed E-state index contributed by atoms with van der Waals surface area (Å²) in [7, 11) is 0. The Hall–Kier alpha value is -4.11. The first-order valence-electron chi connectivity index (χ1n) is 10.6. The van der Waals surface area contributed by atoms with Crippen LogP contribution in [-0.4, -0.2) is 32.3 Å². The van der Waals surface area contributed by atoms with Crippen molar-refractivity contribution in [3.63, 3.8) is 0 Å². The van der Waals surface area contributed by atoms with Gasteiger partial charge < -0.3 is 4.74 Å². The molecule has 0 fully saturated rings. The third kappa shape index (κ3) is 5.81. The van der Waals surface area contributed by atoms with E-state index in [9.17, 15) is 9.59 Å². The molecule has 0 aliphatic carbocycles. The van der Waals surface area contributed by atoms with Crippen LogP contribution in [0.15, 0.2) is 90.1 Å². The highest BCUT2D eigenvalue weighted by Crippen LogP contribution is 2.24. The molecule has 0 aliphatic heterocycles. The Morgan fingerprint density at radius 3 is 2.29 bits per heavy atom. The second-order valence-corrected chi connectivity index (χ2v) is 8.22. The number of carbonyl (C=O) groups excluding carboxylic acids is 2. The molecule has 2 N–H and O–H groups in total. The Bertz CT molecular complexity index is 1260. The molecule has 4 rings (SSSR count). The maximum Gasteiger partial charge on any atom is 0.269 e. The van der Waals surface area contributed by atoms with Gasteiger partial charge in [0.1, 0.15) is 12.4 Å². The Labute approximate surface area is 201 Å². The van der Waals surface area contributed by atoms with E-state index in [1.54, 1.807) is 24.3 Å². The number of ether oxygens (including phenoxy) is 1. The van der Waals surface area contributed by atoms with Crippen LogP contribution in [-0.2, 0) is 11.4 Å². The van der Waals surface area contributed by atoms with Gasteiger partial charge in [0.15, 0.2) is 11.0 Å². The van der Waals surface area contributed by atoms with Crippen molar-refractivity contribution in [1.82, 2.24) is 25.6 Å². The average molecular weight is 474 g/mol. The quantitative estimate of drug-likeness (QED) is 0.299. The highest BCUT2D eigenvalue weighted by Gasteiger charge is 2.17. The van der Waals surface area contributed by atoms with Gasteiger partial charge in [-0.15, -0.1) is 10.2 Å². The highest BCUT2D eigenvalue weighted by molar-refractivity contribution is 7.99. The van der Waals surface area contributed by atoms with Crippen LogP contribution in [0, 0.1) is 6.92 Å². The number of hydrazine groups is 1. The van der Waals surface area contributed by atoms with E-state index in [-0.39, 0.29) is 24.2 Å². The molecular formula is C25H23N5O3S. The second-order valence-electron chi connectivity index (χ2n) is 7.28. The first-order chi connectivity index (χ1) is 16.6. The van der Waals surface area contributed by atoms with E-state index in [0.29, 0.717) is 16.5 Å². The van der Waals surface area contributed by atoms with Gasteiger partial charge in [-0.3, -0.25) is 25.0 Å². The van der Waals surface area contributed by atoms with E-state index in [4.69, 9.17) is 4.74 Å². The van der Waals surface area contributed by atoms with Gasteiger partial charge in [0.05, 0.1) is 5.75 Å². The summed E-state index contributed by atoms with van der Waals surface area (Å²) in [5.74, 6) is 0.665. The van der Waals surface area contributed by atoms with Crippen molar-refractivity contribution in [3.05, 3.63) is 102 Å². The van der Waals surface area contributed by atoms with Crippen molar-refractivity contribution in [2.24, 2.45) is 0 Å². The predicted molar refractivity (Wildman–Crippen MR) is 130 cm³/mol. The summed E-state index contributed by atoms with van der Waals surface area (Å²) in [6.07, 6.45) is 0. The molecule has 9 heteroatoms. The lowest BCUT2D eigenvalue weighted by Gasteiger charge is -2.12. The summed E-state index contributed by atoms with van der Waals surface area (Å²) in [6, 6.07) is 26.0. The smallest absolute Gasteiger partial charge is 0.269 e. The Morgan fingerprint density at radius 2 is 1.56 bits per heavy atom. The number of aromatic nitrogens is 3. The van der Waals surface area contributed by atoms with Crippen LogP contribution in [0.4, 0.5) is 0 Å². The van der Waals surface area contributed by atoms with Crippen molar-refractivity contribution < 1.29 is 14.3 Å². The molecule has 172 valence electrons. The number of amides is 2. The molecule has 0 saturated heterocycles. The lowest BCUT2D eigenvalue weighted by Crippen LogP contribution is -2.42. The normalized spacial score (nSPS) is 10.5. The summed E-state index contributed by atoms with van der Waals surface area (Å²) in [4.78, 5) is 24.4. The molecular weight excluding hydrogens is 450 g/mol. The lowest BCUT2D eigenvalue weighted by atomic mass is 10.2. The molecule has 8 nitrogen and oxygen atoms in total. The molecule has 0 bridgehead atoms. The Morgan fingerprint density at radius 1 is 0.882 bits per heavy atom. The monoisotopic (exact) mass is 473 g/mol. The Kier molecular flexibility index (Phi) is 7.56. The van der Waals surface area contributed by atoms with E-state index in [1.807, 2.05) is 72.2 Å². The number of hydrogen-bond acceptors (Lipinski definition) is 6. The standard InChI is InChI=1S/C25H23N5O3S/c1-18-10-8-9-15-21(18)33-16-22-26-29-25(30(22)20-13-6-3-7-14-20)34-17-23(31)27-28-24(32)19-11-4-2-5-12-19/h2-15H,16-17H2,1H3,(H,27,31)(H,28,32). The number of carbonyl (C=O) groups is 2. The summed E-state index contributed by atoms with van der Waals surface area (Å²) >= 11 is 1.21. The molecule has 0 unspecified atom stereocenters. The first-order valence-corrected chi connectivity index (χ1v) is 11.6. The average Bonchev–Trinajstić information content (AvgIpc) is 3.29. The minimum atomic E-state index is -0.387. The fraction of sp³-hybridized carbons (Fsp3) is 0.120. The summed E-state index contributed by atoms with van der Waals surface area (Å²) in [5.41, 5.74) is 7.18. The van der Waals surface area contributed by atoms with Gasteiger partial charge in [-0.2, -0.15) is 0 Å². The van der Waals surface area contributed by atoms with Gasteiger partial charge in [0.25, 0.3) is 5.91 Å². The number of nitrogens with zero attached hydrogens (tertiary/aromatic N) is 3. The van der Waals surface area contributed by atoms with E-state index in [2.05, 4.69) is 21.0 Å². The van der Waals surface area contributed by atoms with Crippen LogP contribution in [0.3, 0.4) is 0 Å². The number of rotatable bonds is 8. The third-order valence-electron chi connectivity index (χ3n) is 4.85. The molecule has 3 aromatic carbocycles. The van der Waals surface area contributed by atoms with Gasteiger partial charge in [-0.05, 0) is 42.8 Å². The van der Waals surface area contributed by atoms with Crippen LogP contribution in [0.2, 0.25) is 0 Å². The molecule has 2 amide bonds. The van der Waals surface area contributed by atoms with Gasteiger partial charge in [0, 0.05) is 11.3 Å². The van der Waals surface area contributed by atoms with E-state index < -0.39 is 0 Å². The predicted octanol–water partition coefficient (Wildman–Crippen LogP) is 3.71. The lowest BCUT2D eigenvalue weighted by molar-refractivity contribution is -0.119. The number of nitrogens with one attached hydrogen (secondary N) is 2. The fourth-order valence-electron chi connectivity index (χ4n) is 3.14. The molecule has 1 aromatic heterocycles. The zero-order valence-electron chi connectivity index (χ0n) is 18.5. The minimum absolute atomic E-state index is 0.0404. The Balaban J connectivity index is 1.42. The number of thioether (sulfide) groups is 1. The minimum Gasteiger partial charge on any atom is -0.485 e. The van der Waals surface area contributed by atoms with Crippen molar-refractivity contribution >= 4 is 23.6 Å². The number of hydrogen-bond donors (Lipinski definition) is 2. The number of aryl methyl sites for hydroxylation is 1. The number of benzene rings is 3. The van der Waals surface area contributed by atoms with Crippen molar-refractivity contribution in [3.8, 4) is 11.4 Å². The van der Waals surface area contributed by atoms with Crippen LogP contribution in [0.5, 0.6) is 5.75 Å². The summed E-state index contributed by atoms with van der Waals surface area (Å²) < 4.78 is 7.83. The largest absolute Gasteiger partial charge is 0.485 e. The molecule has 0 spiro atoms. The SMILES string of the molecule is Cc1ccccc1OCc1nnc(SCC(=O)NNC(=O)c2ccccc2)n1-c1ccccc1. The van der Waals surface area contributed by atoms with Crippen molar-refractivity contribution in [2.75, 3.05) is 5.75 Å². The van der Waals surface area contributed by atoms with E-state index in [1.165, 1.54) is 11.8 Å². The van der Waals surface area contributed by atoms with Crippen LogP contribution < -0.4 is 15.6 Å². The molecule has 0 radical (unpaired) electrons. The van der Waals surface area contributed by atoms with E-state index >= 15 is 0 Å². The van der Waals surface area contributed by atoms with Crippen molar-refractivity contribution in [2.45, 2.75) is 18.7 Å². The summed E-state index contributed by atoms with van der Waals surface area (Å²) in [6.45, 7) is 2.19. The number of para-hydroxylation sites is 2. The first kappa shape index (κ1) is 23.1. The fourth-order valence-corrected chi connectivity index (χ4v) is 3.91. The maximum atomic E-state index is 12.3. The summed E-state index contributed by atoms with van der Waals surface area (Å²) in [5, 5.41) is 9.11. The molecule has 34 heavy (non-hydrogen) atoms. The van der Waals surface area contributed by atoms with Crippen LogP contribution >= 0.6 is 11.8 Å². The molecule has 0 atom stereocenters. The van der Waals surface area contributed by atoms with Crippen LogP contribution in [0.1, 0.15) is 21.7 Å². The van der Waals surface area contributed by atoms with E-state index in [0.717, 1.165) is 17.0 Å².